The lowest BCUT2D eigenvalue weighted by atomic mass is 10.00. The van der Waals surface area contributed by atoms with E-state index in [1.807, 2.05) is 6.92 Å². The standard InChI is InChI=1S/C11H19NO2/c1-8(13)7-11(14)12-9(2)10-5-3-4-6-10/h9-10H,3-7H2,1-2H3,(H,12,14). The Balaban J connectivity index is 2.28. The summed E-state index contributed by atoms with van der Waals surface area (Å²) in [6.45, 7) is 3.48. The van der Waals surface area contributed by atoms with E-state index in [0.717, 1.165) is 0 Å². The summed E-state index contributed by atoms with van der Waals surface area (Å²) in [4.78, 5) is 22.0. The maximum Gasteiger partial charge on any atom is 0.227 e. The van der Waals surface area contributed by atoms with E-state index in [2.05, 4.69) is 5.32 Å². The summed E-state index contributed by atoms with van der Waals surface area (Å²) in [5, 5.41) is 2.89. The number of carbonyl (C=O) groups excluding carboxylic acids is 2. The van der Waals surface area contributed by atoms with Crippen LogP contribution < -0.4 is 5.32 Å². The van der Waals surface area contributed by atoms with Gasteiger partial charge in [-0.25, -0.2) is 0 Å². The first-order valence-electron chi connectivity index (χ1n) is 5.38. The van der Waals surface area contributed by atoms with Crippen molar-refractivity contribution in [3.8, 4) is 0 Å². The van der Waals surface area contributed by atoms with E-state index < -0.39 is 0 Å². The predicted molar refractivity (Wildman–Crippen MR) is 54.9 cm³/mol. The summed E-state index contributed by atoms with van der Waals surface area (Å²) >= 11 is 0. The van der Waals surface area contributed by atoms with Crippen LogP contribution in [0.3, 0.4) is 0 Å². The molecule has 0 heterocycles. The van der Waals surface area contributed by atoms with Crippen LogP contribution in [0, 0.1) is 5.92 Å². The molecule has 1 N–H and O–H groups in total. The van der Waals surface area contributed by atoms with E-state index in [1.165, 1.54) is 32.6 Å². The maximum atomic E-state index is 11.3. The number of hydrogen-bond acceptors (Lipinski definition) is 2. The quantitative estimate of drug-likeness (QED) is 0.697. The van der Waals surface area contributed by atoms with Gasteiger partial charge in [-0.15, -0.1) is 0 Å². The third-order valence-electron chi connectivity index (χ3n) is 2.91. The predicted octanol–water partition coefficient (Wildman–Crippen LogP) is 1.66. The second-order valence-electron chi connectivity index (χ2n) is 4.28. The molecule has 1 rings (SSSR count). The van der Waals surface area contributed by atoms with Gasteiger partial charge in [0.25, 0.3) is 0 Å². The molecule has 3 heteroatoms. The summed E-state index contributed by atoms with van der Waals surface area (Å²) in [5.41, 5.74) is 0. The third-order valence-corrected chi connectivity index (χ3v) is 2.91. The number of hydrogen-bond donors (Lipinski definition) is 1. The third kappa shape index (κ3) is 3.48. The van der Waals surface area contributed by atoms with Gasteiger partial charge >= 0.3 is 0 Å². The Kier molecular flexibility index (Phi) is 4.11. The van der Waals surface area contributed by atoms with Crippen molar-refractivity contribution in [1.82, 2.24) is 5.32 Å². The Labute approximate surface area is 85.3 Å². The Bertz CT molecular complexity index is 219. The average Bonchev–Trinajstić information content (AvgIpc) is 2.53. The van der Waals surface area contributed by atoms with Crippen molar-refractivity contribution in [2.75, 3.05) is 0 Å². The summed E-state index contributed by atoms with van der Waals surface area (Å²) in [7, 11) is 0. The smallest absolute Gasteiger partial charge is 0.227 e. The maximum absolute atomic E-state index is 11.3. The van der Waals surface area contributed by atoms with E-state index >= 15 is 0 Å². The van der Waals surface area contributed by atoms with Crippen LogP contribution in [-0.2, 0) is 9.59 Å². The molecule has 0 saturated heterocycles. The molecule has 0 radical (unpaired) electrons. The highest BCUT2D eigenvalue weighted by molar-refractivity contribution is 5.96. The van der Waals surface area contributed by atoms with Crippen molar-refractivity contribution in [3.05, 3.63) is 0 Å². The van der Waals surface area contributed by atoms with E-state index in [4.69, 9.17) is 0 Å². The number of carbonyl (C=O) groups is 2. The Morgan fingerprint density at radius 2 is 1.93 bits per heavy atom. The van der Waals surface area contributed by atoms with E-state index in [9.17, 15) is 9.59 Å². The molecule has 1 atom stereocenters. The number of nitrogens with one attached hydrogen (secondary N) is 1. The molecular formula is C11H19NO2. The van der Waals surface area contributed by atoms with Crippen LogP contribution in [0.4, 0.5) is 0 Å². The molecule has 14 heavy (non-hydrogen) atoms. The lowest BCUT2D eigenvalue weighted by Crippen LogP contribution is -2.37. The van der Waals surface area contributed by atoms with Crippen LogP contribution in [0.25, 0.3) is 0 Å². The highest BCUT2D eigenvalue weighted by Gasteiger charge is 2.22. The first kappa shape index (κ1) is 11.2. The van der Waals surface area contributed by atoms with Crippen LogP contribution in [0.5, 0.6) is 0 Å². The Morgan fingerprint density at radius 1 is 1.36 bits per heavy atom. The van der Waals surface area contributed by atoms with E-state index in [1.54, 1.807) is 0 Å². The number of amides is 1. The summed E-state index contributed by atoms with van der Waals surface area (Å²) in [6.07, 6.45) is 5.00. The molecule has 1 aliphatic carbocycles. The molecule has 1 saturated carbocycles. The summed E-state index contributed by atoms with van der Waals surface area (Å²) < 4.78 is 0. The van der Waals surface area contributed by atoms with E-state index in [0.29, 0.717) is 5.92 Å². The van der Waals surface area contributed by atoms with Crippen LogP contribution >= 0.6 is 0 Å². The fourth-order valence-corrected chi connectivity index (χ4v) is 2.11. The van der Waals surface area contributed by atoms with Crippen molar-refractivity contribution < 1.29 is 9.59 Å². The van der Waals surface area contributed by atoms with Gasteiger partial charge in [0.2, 0.25) is 5.91 Å². The average molecular weight is 197 g/mol. The minimum atomic E-state index is -0.128. The molecular weight excluding hydrogens is 178 g/mol. The zero-order chi connectivity index (χ0) is 10.6. The molecule has 0 spiro atoms. The highest BCUT2D eigenvalue weighted by atomic mass is 16.2. The molecule has 0 aromatic rings. The van der Waals surface area contributed by atoms with E-state index in [-0.39, 0.29) is 24.2 Å². The molecule has 1 unspecified atom stereocenters. The van der Waals surface area contributed by atoms with Crippen LogP contribution in [0.1, 0.15) is 46.0 Å². The monoisotopic (exact) mass is 197 g/mol. The van der Waals surface area contributed by atoms with Gasteiger partial charge in [-0.3, -0.25) is 9.59 Å². The fourth-order valence-electron chi connectivity index (χ4n) is 2.11. The molecule has 0 aliphatic heterocycles. The summed E-state index contributed by atoms with van der Waals surface area (Å²) in [6, 6.07) is 0.226. The van der Waals surface area contributed by atoms with Crippen molar-refractivity contribution in [3.63, 3.8) is 0 Å². The molecule has 1 fully saturated rings. The molecule has 3 nitrogen and oxygen atoms in total. The van der Waals surface area contributed by atoms with Gasteiger partial charge in [-0.05, 0) is 32.6 Å². The normalized spacial score (nSPS) is 19.3. The van der Waals surface area contributed by atoms with Gasteiger partial charge in [0, 0.05) is 6.04 Å². The largest absolute Gasteiger partial charge is 0.353 e. The Hall–Kier alpha value is -0.860. The molecule has 0 bridgehead atoms. The Morgan fingerprint density at radius 3 is 2.43 bits per heavy atom. The summed E-state index contributed by atoms with van der Waals surface area (Å²) in [5.74, 6) is 0.420. The zero-order valence-corrected chi connectivity index (χ0v) is 9.01. The molecule has 80 valence electrons. The molecule has 1 amide bonds. The van der Waals surface area contributed by atoms with Gasteiger partial charge in [0.15, 0.2) is 0 Å². The van der Waals surface area contributed by atoms with Crippen molar-refractivity contribution in [2.45, 2.75) is 52.0 Å². The highest BCUT2D eigenvalue weighted by Crippen LogP contribution is 2.27. The van der Waals surface area contributed by atoms with Gasteiger partial charge in [-0.1, -0.05) is 12.8 Å². The van der Waals surface area contributed by atoms with Crippen LogP contribution in [0.2, 0.25) is 0 Å². The second kappa shape index (κ2) is 5.13. The first-order chi connectivity index (χ1) is 6.59. The zero-order valence-electron chi connectivity index (χ0n) is 9.01. The lowest BCUT2D eigenvalue weighted by molar-refractivity contribution is -0.127. The van der Waals surface area contributed by atoms with Gasteiger partial charge in [-0.2, -0.15) is 0 Å². The topological polar surface area (TPSA) is 46.2 Å². The van der Waals surface area contributed by atoms with Crippen molar-refractivity contribution in [1.29, 1.82) is 0 Å². The molecule has 0 aromatic heterocycles. The van der Waals surface area contributed by atoms with Gasteiger partial charge < -0.3 is 5.32 Å². The van der Waals surface area contributed by atoms with Crippen LogP contribution in [0.15, 0.2) is 0 Å². The van der Waals surface area contributed by atoms with Gasteiger partial charge in [0.1, 0.15) is 5.78 Å². The van der Waals surface area contributed by atoms with Gasteiger partial charge in [0.05, 0.1) is 6.42 Å². The SMILES string of the molecule is CC(=O)CC(=O)NC(C)C1CCCC1. The first-order valence-corrected chi connectivity index (χ1v) is 5.38. The number of ketones is 1. The fraction of sp³-hybridized carbons (Fsp3) is 0.818. The molecule has 1 aliphatic rings. The minimum absolute atomic E-state index is 0.0249. The number of rotatable bonds is 4. The molecule has 0 aromatic carbocycles. The van der Waals surface area contributed by atoms with Crippen LogP contribution in [-0.4, -0.2) is 17.7 Å². The minimum Gasteiger partial charge on any atom is -0.353 e. The van der Waals surface area contributed by atoms with Crippen molar-refractivity contribution >= 4 is 11.7 Å². The number of Topliss-reactive ketones (excluding diaryl/α,β-unsaturated/α-hetero) is 1. The lowest BCUT2D eigenvalue weighted by Gasteiger charge is -2.19. The second-order valence-corrected chi connectivity index (χ2v) is 4.28. The van der Waals surface area contributed by atoms with Crippen molar-refractivity contribution in [2.24, 2.45) is 5.92 Å².